The number of aromatic amines is 1. The number of imidazole rings is 1. The SMILES string of the molecule is CC1(Nc2ncc3[nH]c(Nc4cccc(F)c4F)nc3n2)CCOCC1. The van der Waals surface area contributed by atoms with Gasteiger partial charge in [-0.15, -0.1) is 0 Å². The van der Waals surface area contributed by atoms with Crippen LogP contribution in [0.1, 0.15) is 19.8 Å². The van der Waals surface area contributed by atoms with Crippen molar-refractivity contribution >= 4 is 28.7 Å². The lowest BCUT2D eigenvalue weighted by molar-refractivity contribution is 0.0656. The molecule has 1 saturated heterocycles. The van der Waals surface area contributed by atoms with E-state index >= 15 is 0 Å². The summed E-state index contributed by atoms with van der Waals surface area (Å²) in [7, 11) is 0. The molecular formula is C17H18F2N6O. The molecule has 0 radical (unpaired) electrons. The molecule has 7 nitrogen and oxygen atoms in total. The molecule has 136 valence electrons. The number of rotatable bonds is 4. The van der Waals surface area contributed by atoms with Crippen molar-refractivity contribution in [1.29, 1.82) is 0 Å². The Morgan fingerprint density at radius 1 is 1.19 bits per heavy atom. The molecule has 1 aliphatic heterocycles. The lowest BCUT2D eigenvalue weighted by Crippen LogP contribution is -2.41. The van der Waals surface area contributed by atoms with Crippen LogP contribution in [0.4, 0.5) is 26.4 Å². The van der Waals surface area contributed by atoms with E-state index in [4.69, 9.17) is 4.74 Å². The first-order valence-electron chi connectivity index (χ1n) is 8.32. The van der Waals surface area contributed by atoms with Crippen LogP contribution in [0.25, 0.3) is 11.2 Å². The average Bonchev–Trinajstić information content (AvgIpc) is 3.01. The van der Waals surface area contributed by atoms with E-state index in [0.29, 0.717) is 30.3 Å². The number of nitrogens with one attached hydrogen (secondary N) is 3. The second-order valence-electron chi connectivity index (χ2n) is 6.54. The first kappa shape index (κ1) is 16.6. The number of halogens is 2. The predicted molar refractivity (Wildman–Crippen MR) is 93.4 cm³/mol. The number of H-pyrrole nitrogens is 1. The van der Waals surface area contributed by atoms with E-state index in [9.17, 15) is 8.78 Å². The van der Waals surface area contributed by atoms with Crippen molar-refractivity contribution in [3.05, 3.63) is 36.0 Å². The van der Waals surface area contributed by atoms with Crippen molar-refractivity contribution in [2.75, 3.05) is 23.8 Å². The molecule has 0 spiro atoms. The van der Waals surface area contributed by atoms with Crippen LogP contribution in [-0.4, -0.2) is 38.7 Å². The van der Waals surface area contributed by atoms with Gasteiger partial charge < -0.3 is 20.4 Å². The van der Waals surface area contributed by atoms with Crippen molar-refractivity contribution in [2.24, 2.45) is 0 Å². The highest BCUT2D eigenvalue weighted by atomic mass is 19.2. The molecule has 0 atom stereocenters. The maximum Gasteiger partial charge on any atom is 0.225 e. The van der Waals surface area contributed by atoms with E-state index in [1.165, 1.54) is 12.1 Å². The van der Waals surface area contributed by atoms with E-state index in [0.717, 1.165) is 18.9 Å². The van der Waals surface area contributed by atoms with Crippen LogP contribution >= 0.6 is 0 Å². The van der Waals surface area contributed by atoms with Gasteiger partial charge >= 0.3 is 0 Å². The number of anilines is 3. The molecule has 0 aliphatic carbocycles. The Labute approximate surface area is 148 Å². The first-order valence-corrected chi connectivity index (χ1v) is 8.32. The summed E-state index contributed by atoms with van der Waals surface area (Å²) < 4.78 is 32.5. The van der Waals surface area contributed by atoms with Crippen molar-refractivity contribution in [3.8, 4) is 0 Å². The maximum absolute atomic E-state index is 13.8. The van der Waals surface area contributed by atoms with Crippen LogP contribution in [0, 0.1) is 11.6 Å². The minimum absolute atomic E-state index is 0.00918. The topological polar surface area (TPSA) is 87.8 Å². The van der Waals surface area contributed by atoms with Crippen molar-refractivity contribution < 1.29 is 13.5 Å². The minimum atomic E-state index is -0.964. The summed E-state index contributed by atoms with van der Waals surface area (Å²) in [5.41, 5.74) is 0.878. The summed E-state index contributed by atoms with van der Waals surface area (Å²) >= 11 is 0. The molecule has 9 heteroatoms. The number of hydrogen-bond acceptors (Lipinski definition) is 6. The Kier molecular flexibility index (Phi) is 4.15. The lowest BCUT2D eigenvalue weighted by Gasteiger charge is -2.34. The van der Waals surface area contributed by atoms with Crippen LogP contribution in [-0.2, 0) is 4.74 Å². The average molecular weight is 360 g/mol. The Hall–Kier alpha value is -2.81. The zero-order valence-corrected chi connectivity index (χ0v) is 14.1. The highest BCUT2D eigenvalue weighted by Gasteiger charge is 2.28. The number of ether oxygens (including phenoxy) is 1. The molecule has 0 amide bonds. The lowest BCUT2D eigenvalue weighted by atomic mass is 9.93. The third-order valence-electron chi connectivity index (χ3n) is 4.45. The summed E-state index contributed by atoms with van der Waals surface area (Å²) in [4.78, 5) is 15.9. The van der Waals surface area contributed by atoms with Gasteiger partial charge in [0.1, 0.15) is 5.52 Å². The molecule has 26 heavy (non-hydrogen) atoms. The smallest absolute Gasteiger partial charge is 0.225 e. The second-order valence-corrected chi connectivity index (χ2v) is 6.54. The highest BCUT2D eigenvalue weighted by molar-refractivity contribution is 5.75. The minimum Gasteiger partial charge on any atom is -0.381 e. The van der Waals surface area contributed by atoms with Crippen molar-refractivity contribution in [2.45, 2.75) is 25.3 Å². The fraction of sp³-hybridized carbons (Fsp3) is 0.353. The van der Waals surface area contributed by atoms with Gasteiger partial charge in [0.15, 0.2) is 17.3 Å². The van der Waals surface area contributed by atoms with Gasteiger partial charge in [0.05, 0.1) is 11.9 Å². The molecule has 4 rings (SSSR count). The van der Waals surface area contributed by atoms with Gasteiger partial charge in [-0.1, -0.05) is 6.07 Å². The zero-order chi connectivity index (χ0) is 18.1. The molecule has 3 aromatic rings. The Morgan fingerprint density at radius 3 is 2.81 bits per heavy atom. The van der Waals surface area contributed by atoms with Gasteiger partial charge in [0.2, 0.25) is 11.9 Å². The fourth-order valence-corrected chi connectivity index (χ4v) is 2.87. The monoisotopic (exact) mass is 360 g/mol. The van der Waals surface area contributed by atoms with Crippen molar-refractivity contribution in [1.82, 2.24) is 19.9 Å². The van der Waals surface area contributed by atoms with Crippen LogP contribution in [0.3, 0.4) is 0 Å². The third-order valence-corrected chi connectivity index (χ3v) is 4.45. The molecule has 3 heterocycles. The number of benzene rings is 1. The second kappa shape index (κ2) is 6.49. The molecular weight excluding hydrogens is 342 g/mol. The Morgan fingerprint density at radius 2 is 2.00 bits per heavy atom. The van der Waals surface area contributed by atoms with Crippen LogP contribution < -0.4 is 10.6 Å². The molecule has 1 aromatic carbocycles. The first-order chi connectivity index (χ1) is 12.5. The van der Waals surface area contributed by atoms with Crippen molar-refractivity contribution in [3.63, 3.8) is 0 Å². The van der Waals surface area contributed by atoms with Crippen LogP contribution in [0.2, 0.25) is 0 Å². The summed E-state index contributed by atoms with van der Waals surface area (Å²) in [5, 5.41) is 6.06. The highest BCUT2D eigenvalue weighted by Crippen LogP contribution is 2.25. The number of aromatic nitrogens is 4. The predicted octanol–water partition coefficient (Wildman–Crippen LogP) is 3.36. The largest absolute Gasteiger partial charge is 0.381 e. The quantitative estimate of drug-likeness (QED) is 0.661. The third kappa shape index (κ3) is 3.30. The summed E-state index contributed by atoms with van der Waals surface area (Å²) in [6, 6.07) is 3.90. The van der Waals surface area contributed by atoms with Gasteiger partial charge in [-0.3, -0.25) is 0 Å². The molecule has 3 N–H and O–H groups in total. The molecule has 1 aliphatic rings. The normalized spacial score (nSPS) is 16.6. The summed E-state index contributed by atoms with van der Waals surface area (Å²) in [6.45, 7) is 3.50. The van der Waals surface area contributed by atoms with Gasteiger partial charge in [-0.2, -0.15) is 9.97 Å². The van der Waals surface area contributed by atoms with Gasteiger partial charge in [0.25, 0.3) is 0 Å². The van der Waals surface area contributed by atoms with Gasteiger partial charge in [0, 0.05) is 18.8 Å². The van der Waals surface area contributed by atoms with E-state index in [1.807, 2.05) is 0 Å². The zero-order valence-electron chi connectivity index (χ0n) is 14.1. The molecule has 0 saturated carbocycles. The summed E-state index contributed by atoms with van der Waals surface area (Å²) in [5.74, 6) is -1.17. The number of hydrogen-bond donors (Lipinski definition) is 3. The van der Waals surface area contributed by atoms with E-state index in [1.54, 1.807) is 6.20 Å². The van der Waals surface area contributed by atoms with E-state index < -0.39 is 11.6 Å². The number of nitrogens with zero attached hydrogens (tertiary/aromatic N) is 3. The Balaban J connectivity index is 1.56. The summed E-state index contributed by atoms with van der Waals surface area (Å²) in [6.07, 6.45) is 3.33. The number of fused-ring (bicyclic) bond motifs is 1. The van der Waals surface area contributed by atoms with Crippen LogP contribution in [0.15, 0.2) is 24.4 Å². The molecule has 2 aromatic heterocycles. The Bertz CT molecular complexity index is 938. The van der Waals surface area contributed by atoms with E-state index in [-0.39, 0.29) is 17.2 Å². The van der Waals surface area contributed by atoms with Gasteiger partial charge in [-0.05, 0) is 31.9 Å². The fourth-order valence-electron chi connectivity index (χ4n) is 2.87. The van der Waals surface area contributed by atoms with E-state index in [2.05, 4.69) is 37.5 Å². The standard InChI is InChI=1S/C17H18F2N6O/c1-17(5-7-26-8-6-17)25-15-20-9-12-14(23-15)24-16(22-12)21-11-4-2-3-10(18)13(11)19/h2-4,9H,5-8H2,1H3,(H3,20,21,22,23,24,25). The van der Waals surface area contributed by atoms with Gasteiger partial charge in [-0.25, -0.2) is 13.8 Å². The van der Waals surface area contributed by atoms with Crippen LogP contribution in [0.5, 0.6) is 0 Å². The molecule has 1 fully saturated rings. The maximum atomic E-state index is 13.8. The molecule has 0 unspecified atom stereocenters. The molecule has 0 bridgehead atoms.